The third-order valence-electron chi connectivity index (χ3n) is 6.02. The minimum absolute atomic E-state index is 0.121. The summed E-state index contributed by atoms with van der Waals surface area (Å²) in [5.74, 6) is 0.315. The molecule has 2 aliphatic heterocycles. The number of rotatable bonds is 6. The molecule has 0 aromatic carbocycles. The van der Waals surface area contributed by atoms with Crippen molar-refractivity contribution in [3.05, 3.63) is 47.6 Å². The van der Waals surface area contributed by atoms with Gasteiger partial charge in [0.05, 0.1) is 6.10 Å². The third-order valence-corrected chi connectivity index (χ3v) is 6.02. The topological polar surface area (TPSA) is 47.0 Å². The van der Waals surface area contributed by atoms with Crippen molar-refractivity contribution in [2.45, 2.75) is 38.8 Å². The molecule has 1 fully saturated rings. The van der Waals surface area contributed by atoms with Gasteiger partial charge in [0.15, 0.2) is 0 Å². The van der Waals surface area contributed by atoms with Gasteiger partial charge >= 0.3 is 0 Å². The van der Waals surface area contributed by atoms with Crippen LogP contribution in [0.15, 0.2) is 47.6 Å². The molecule has 28 heavy (non-hydrogen) atoms. The zero-order valence-corrected chi connectivity index (χ0v) is 17.6. The van der Waals surface area contributed by atoms with Gasteiger partial charge < -0.3 is 14.9 Å². The molecule has 2 heterocycles. The number of hydrogen-bond acceptors (Lipinski definition) is 4. The quantitative estimate of drug-likeness (QED) is 0.563. The largest absolute Gasteiger partial charge is 0.388 e. The summed E-state index contributed by atoms with van der Waals surface area (Å²) in [6.45, 7) is 13.8. The van der Waals surface area contributed by atoms with Crippen molar-refractivity contribution in [3.8, 4) is 0 Å². The van der Waals surface area contributed by atoms with Crippen molar-refractivity contribution >= 4 is 5.91 Å². The molecule has 0 aromatic heterocycles. The zero-order chi connectivity index (χ0) is 20.3. The van der Waals surface area contributed by atoms with Crippen molar-refractivity contribution < 1.29 is 9.90 Å². The normalized spacial score (nSPS) is 25.0. The summed E-state index contributed by atoms with van der Waals surface area (Å²) in [6.07, 6.45) is 9.12. The number of allylic oxidation sites excluding steroid dienone is 1. The number of aliphatic hydroxyl groups is 1. The second kappa shape index (κ2) is 9.21. The molecule has 3 aliphatic rings. The van der Waals surface area contributed by atoms with Crippen LogP contribution in [0.25, 0.3) is 0 Å². The Hall–Kier alpha value is -1.69. The highest BCUT2D eigenvalue weighted by Gasteiger charge is 2.32. The fraction of sp³-hybridized carbons (Fsp3) is 0.609. The monoisotopic (exact) mass is 385 g/mol. The first-order valence-electron chi connectivity index (χ1n) is 10.5. The van der Waals surface area contributed by atoms with Crippen LogP contribution in [0.3, 0.4) is 0 Å². The minimum atomic E-state index is -0.811. The fourth-order valence-electron chi connectivity index (χ4n) is 4.13. The number of amides is 1. The number of likely N-dealkylation sites (N-methyl/N-ethyl adjacent to an activating group) is 1. The Morgan fingerprint density at radius 1 is 1.29 bits per heavy atom. The molecule has 0 saturated carbocycles. The second-order valence-electron chi connectivity index (χ2n) is 8.71. The van der Waals surface area contributed by atoms with E-state index in [2.05, 4.69) is 49.4 Å². The van der Waals surface area contributed by atoms with Crippen molar-refractivity contribution in [2.24, 2.45) is 5.92 Å². The maximum atomic E-state index is 12.8. The lowest BCUT2D eigenvalue weighted by molar-refractivity contribution is -0.127. The number of nitrogens with zero attached hydrogens (tertiary/aromatic N) is 3. The molecule has 3 rings (SSSR count). The molecule has 2 unspecified atom stereocenters. The highest BCUT2D eigenvalue weighted by molar-refractivity contribution is 5.94. The molecule has 1 N–H and O–H groups in total. The molecule has 5 nitrogen and oxygen atoms in total. The maximum absolute atomic E-state index is 12.8. The second-order valence-corrected chi connectivity index (χ2v) is 8.71. The molecule has 1 aliphatic carbocycles. The van der Waals surface area contributed by atoms with Gasteiger partial charge in [0.2, 0.25) is 0 Å². The molecule has 0 aromatic rings. The molecule has 0 radical (unpaired) electrons. The van der Waals surface area contributed by atoms with Crippen LogP contribution in [0.4, 0.5) is 0 Å². The number of carbonyl (C=O) groups excluding carboxylic acids is 1. The van der Waals surface area contributed by atoms with Gasteiger partial charge in [-0.05, 0) is 37.0 Å². The van der Waals surface area contributed by atoms with Crippen LogP contribution in [0.1, 0.15) is 26.7 Å². The molecular weight excluding hydrogens is 350 g/mol. The Labute approximate surface area is 169 Å². The van der Waals surface area contributed by atoms with Gasteiger partial charge in [-0.15, -0.1) is 0 Å². The summed E-state index contributed by atoms with van der Waals surface area (Å²) >= 11 is 0. The van der Waals surface area contributed by atoms with Gasteiger partial charge in [-0.2, -0.15) is 0 Å². The number of carbonyl (C=O) groups is 1. The van der Waals surface area contributed by atoms with Gasteiger partial charge in [0.1, 0.15) is 0 Å². The van der Waals surface area contributed by atoms with Crippen molar-refractivity contribution in [1.82, 2.24) is 14.7 Å². The van der Waals surface area contributed by atoms with E-state index in [1.807, 2.05) is 17.1 Å². The SMILES string of the molecule is C=C(C(=O)N1CC2=C(CC(N3CCN(C)CC3)C=C2)C1)C(O)C/C=C/C(C)C. The van der Waals surface area contributed by atoms with Crippen LogP contribution in [0, 0.1) is 5.92 Å². The van der Waals surface area contributed by atoms with E-state index in [-0.39, 0.29) is 5.91 Å². The van der Waals surface area contributed by atoms with Crippen LogP contribution in [-0.2, 0) is 4.79 Å². The van der Waals surface area contributed by atoms with E-state index in [0.717, 1.165) is 32.6 Å². The standard InChI is InChI=1S/C23H35N3O2/c1-17(2)6-5-7-22(27)18(3)23(28)26-15-19-8-9-21(14-20(19)16-26)25-12-10-24(4)11-13-25/h5-6,8-9,17,21-22,27H,3,7,10-16H2,1-2,4H3/b6-5+. The Morgan fingerprint density at radius 3 is 2.68 bits per heavy atom. The van der Waals surface area contributed by atoms with E-state index in [4.69, 9.17) is 0 Å². The molecule has 0 spiro atoms. The Kier molecular flexibility index (Phi) is 6.91. The van der Waals surface area contributed by atoms with E-state index in [1.54, 1.807) is 0 Å². The van der Waals surface area contributed by atoms with Gasteiger partial charge in [-0.25, -0.2) is 0 Å². The van der Waals surface area contributed by atoms with E-state index >= 15 is 0 Å². The van der Waals surface area contributed by atoms with Gasteiger partial charge in [0.25, 0.3) is 5.91 Å². The highest BCUT2D eigenvalue weighted by Crippen LogP contribution is 2.30. The summed E-state index contributed by atoms with van der Waals surface area (Å²) in [5.41, 5.74) is 2.93. The number of piperazine rings is 1. The van der Waals surface area contributed by atoms with E-state index in [9.17, 15) is 9.90 Å². The van der Waals surface area contributed by atoms with Crippen molar-refractivity contribution in [3.63, 3.8) is 0 Å². The first kappa shape index (κ1) is 21.0. The van der Waals surface area contributed by atoms with Gasteiger partial charge in [0, 0.05) is 50.9 Å². The molecular formula is C23H35N3O2. The van der Waals surface area contributed by atoms with Crippen LogP contribution in [0.2, 0.25) is 0 Å². The predicted octanol–water partition coefficient (Wildman–Crippen LogP) is 2.22. The van der Waals surface area contributed by atoms with E-state index in [1.165, 1.54) is 11.1 Å². The number of aliphatic hydroxyl groups excluding tert-OH is 1. The average Bonchev–Trinajstić information content (AvgIpc) is 3.10. The molecule has 1 saturated heterocycles. The Bertz CT molecular complexity index is 684. The summed E-state index contributed by atoms with van der Waals surface area (Å²) in [5, 5.41) is 10.3. The van der Waals surface area contributed by atoms with Crippen molar-refractivity contribution in [2.75, 3.05) is 46.3 Å². The third kappa shape index (κ3) is 5.02. The summed E-state index contributed by atoms with van der Waals surface area (Å²) < 4.78 is 0. The Morgan fingerprint density at radius 2 is 2.00 bits per heavy atom. The lowest BCUT2D eigenvalue weighted by Gasteiger charge is -2.38. The minimum Gasteiger partial charge on any atom is -0.388 e. The molecule has 0 bridgehead atoms. The fourth-order valence-corrected chi connectivity index (χ4v) is 4.13. The van der Waals surface area contributed by atoms with Crippen LogP contribution in [-0.4, -0.2) is 84.2 Å². The maximum Gasteiger partial charge on any atom is 0.252 e. The van der Waals surface area contributed by atoms with E-state index < -0.39 is 6.10 Å². The van der Waals surface area contributed by atoms with Crippen LogP contribution >= 0.6 is 0 Å². The van der Waals surface area contributed by atoms with Gasteiger partial charge in [-0.3, -0.25) is 9.69 Å². The first-order chi connectivity index (χ1) is 13.3. The van der Waals surface area contributed by atoms with Gasteiger partial charge in [-0.1, -0.05) is 44.7 Å². The molecule has 1 amide bonds. The van der Waals surface area contributed by atoms with Crippen LogP contribution in [0.5, 0.6) is 0 Å². The van der Waals surface area contributed by atoms with Crippen molar-refractivity contribution in [1.29, 1.82) is 0 Å². The number of hydrogen-bond donors (Lipinski definition) is 1. The summed E-state index contributed by atoms with van der Waals surface area (Å²) in [4.78, 5) is 19.6. The molecule has 154 valence electrons. The average molecular weight is 386 g/mol. The highest BCUT2D eigenvalue weighted by atomic mass is 16.3. The Balaban J connectivity index is 1.52. The van der Waals surface area contributed by atoms with E-state index in [0.29, 0.717) is 37.0 Å². The summed E-state index contributed by atoms with van der Waals surface area (Å²) in [7, 11) is 2.18. The first-order valence-corrected chi connectivity index (χ1v) is 10.5. The zero-order valence-electron chi connectivity index (χ0n) is 17.6. The molecule has 5 heteroatoms. The lowest BCUT2D eigenvalue weighted by atomic mass is 9.95. The molecule has 2 atom stereocenters. The lowest BCUT2D eigenvalue weighted by Crippen LogP contribution is -2.48. The predicted molar refractivity (Wildman–Crippen MR) is 114 cm³/mol. The smallest absolute Gasteiger partial charge is 0.252 e. The van der Waals surface area contributed by atoms with Crippen LogP contribution < -0.4 is 0 Å². The summed E-state index contributed by atoms with van der Waals surface area (Å²) in [6, 6.07) is 0.442.